The third-order valence-corrected chi connectivity index (χ3v) is 4.71. The lowest BCUT2D eigenvalue weighted by molar-refractivity contribution is 0.0941. The minimum Gasteiger partial charge on any atom is -0.350 e. The van der Waals surface area contributed by atoms with Crippen LogP contribution in [-0.2, 0) is 6.42 Å². The maximum atomic E-state index is 12.5. The summed E-state index contributed by atoms with van der Waals surface area (Å²) in [6.45, 7) is 14.8. The third-order valence-electron chi connectivity index (χ3n) is 4.71. The average molecular weight is 303 g/mol. The molecule has 0 aliphatic carbocycles. The van der Waals surface area contributed by atoms with Gasteiger partial charge in [-0.25, -0.2) is 0 Å². The smallest absolute Gasteiger partial charge is 0.252 e. The molecule has 22 heavy (non-hydrogen) atoms. The van der Waals surface area contributed by atoms with Crippen molar-refractivity contribution in [3.63, 3.8) is 0 Å². The Hall–Kier alpha value is -1.31. The van der Waals surface area contributed by atoms with E-state index in [2.05, 4.69) is 39.9 Å². The molecule has 0 atom stereocenters. The number of rotatable bonds is 7. The summed E-state index contributed by atoms with van der Waals surface area (Å²) in [4.78, 5) is 12.5. The second-order valence-corrected chi connectivity index (χ2v) is 6.79. The van der Waals surface area contributed by atoms with Crippen molar-refractivity contribution in [1.29, 1.82) is 0 Å². The van der Waals surface area contributed by atoms with Crippen molar-refractivity contribution in [2.75, 3.05) is 0 Å². The normalized spacial score (nSPS) is 11.1. The number of hydrogen-bond acceptors (Lipinski definition) is 1. The summed E-state index contributed by atoms with van der Waals surface area (Å²) < 4.78 is 0. The van der Waals surface area contributed by atoms with Crippen LogP contribution in [0.1, 0.15) is 84.6 Å². The fourth-order valence-electron chi connectivity index (χ4n) is 3.17. The Morgan fingerprint density at radius 1 is 0.909 bits per heavy atom. The topological polar surface area (TPSA) is 29.1 Å². The van der Waals surface area contributed by atoms with Gasteiger partial charge in [0.2, 0.25) is 0 Å². The van der Waals surface area contributed by atoms with E-state index >= 15 is 0 Å². The molecule has 0 saturated carbocycles. The Labute approximate surface area is 136 Å². The zero-order chi connectivity index (χ0) is 16.9. The number of carbonyl (C=O) groups is 1. The highest BCUT2D eigenvalue weighted by molar-refractivity contribution is 5.98. The molecular weight excluding hydrogens is 270 g/mol. The van der Waals surface area contributed by atoms with Gasteiger partial charge in [0.25, 0.3) is 5.91 Å². The van der Waals surface area contributed by atoms with Gasteiger partial charge in [-0.05, 0) is 82.2 Å². The summed E-state index contributed by atoms with van der Waals surface area (Å²) in [6, 6.07) is 0.167. The van der Waals surface area contributed by atoms with Gasteiger partial charge in [0.05, 0.1) is 0 Å². The van der Waals surface area contributed by atoms with Crippen molar-refractivity contribution in [3.05, 3.63) is 33.4 Å². The Kier molecular flexibility index (Phi) is 7.12. The van der Waals surface area contributed by atoms with Crippen molar-refractivity contribution in [2.24, 2.45) is 0 Å². The van der Waals surface area contributed by atoms with Crippen LogP contribution in [0.25, 0.3) is 0 Å². The molecule has 0 saturated heterocycles. The highest BCUT2D eigenvalue weighted by Crippen LogP contribution is 2.28. The molecule has 0 bridgehead atoms. The highest BCUT2D eigenvalue weighted by Gasteiger charge is 2.19. The van der Waals surface area contributed by atoms with Crippen LogP contribution < -0.4 is 5.32 Å². The van der Waals surface area contributed by atoms with E-state index in [1.54, 1.807) is 0 Å². The molecule has 0 spiro atoms. The summed E-state index contributed by atoms with van der Waals surface area (Å²) >= 11 is 0. The molecule has 1 rings (SSSR count). The van der Waals surface area contributed by atoms with Gasteiger partial charge in [-0.2, -0.15) is 0 Å². The first kappa shape index (κ1) is 18.7. The number of unbranched alkanes of at least 4 members (excludes halogenated alkanes) is 3. The van der Waals surface area contributed by atoms with Crippen molar-refractivity contribution >= 4 is 5.91 Å². The molecule has 1 aromatic rings. The van der Waals surface area contributed by atoms with E-state index < -0.39 is 0 Å². The van der Waals surface area contributed by atoms with Crippen LogP contribution in [0.4, 0.5) is 0 Å². The fourth-order valence-corrected chi connectivity index (χ4v) is 3.17. The van der Waals surface area contributed by atoms with Crippen molar-refractivity contribution < 1.29 is 4.79 Å². The first-order chi connectivity index (χ1) is 10.3. The molecule has 0 fully saturated rings. The van der Waals surface area contributed by atoms with Crippen LogP contribution in [0, 0.1) is 27.7 Å². The van der Waals surface area contributed by atoms with Crippen molar-refractivity contribution in [2.45, 2.75) is 86.6 Å². The largest absolute Gasteiger partial charge is 0.350 e. The zero-order valence-corrected chi connectivity index (χ0v) is 15.5. The molecule has 124 valence electrons. The minimum atomic E-state index is 0.0636. The first-order valence-electron chi connectivity index (χ1n) is 8.71. The second kappa shape index (κ2) is 8.36. The number of benzene rings is 1. The van der Waals surface area contributed by atoms with Crippen LogP contribution in [0.5, 0.6) is 0 Å². The maximum absolute atomic E-state index is 12.5. The maximum Gasteiger partial charge on any atom is 0.252 e. The summed E-state index contributed by atoms with van der Waals surface area (Å²) in [5, 5.41) is 3.04. The van der Waals surface area contributed by atoms with Gasteiger partial charge in [-0.1, -0.05) is 26.2 Å². The Bertz CT molecular complexity index is 500. The standard InChI is InChI=1S/C20H33NO/c1-8-9-10-11-12-18-14(4)16(6)19(17(7)15(18)5)20(22)21-13(2)3/h13H,8-12H2,1-7H3,(H,21,22). The van der Waals surface area contributed by atoms with E-state index in [4.69, 9.17) is 0 Å². The van der Waals surface area contributed by atoms with Gasteiger partial charge in [0.15, 0.2) is 0 Å². The molecule has 0 unspecified atom stereocenters. The van der Waals surface area contributed by atoms with E-state index in [0.29, 0.717) is 0 Å². The van der Waals surface area contributed by atoms with Gasteiger partial charge >= 0.3 is 0 Å². The summed E-state index contributed by atoms with van der Waals surface area (Å²) in [6.07, 6.45) is 6.25. The second-order valence-electron chi connectivity index (χ2n) is 6.79. The number of nitrogens with one attached hydrogen (secondary N) is 1. The Morgan fingerprint density at radius 3 is 1.91 bits per heavy atom. The first-order valence-corrected chi connectivity index (χ1v) is 8.71. The zero-order valence-electron chi connectivity index (χ0n) is 15.5. The van der Waals surface area contributed by atoms with Crippen molar-refractivity contribution in [1.82, 2.24) is 5.32 Å². The van der Waals surface area contributed by atoms with Gasteiger partial charge < -0.3 is 5.32 Å². The SMILES string of the molecule is CCCCCCc1c(C)c(C)c(C(=O)NC(C)C)c(C)c1C. The molecule has 1 aromatic carbocycles. The summed E-state index contributed by atoms with van der Waals surface area (Å²) in [7, 11) is 0. The van der Waals surface area contributed by atoms with Gasteiger partial charge in [-0.3, -0.25) is 4.79 Å². The Morgan fingerprint density at radius 2 is 1.45 bits per heavy atom. The number of carbonyl (C=O) groups excluding carboxylic acids is 1. The molecule has 2 nitrogen and oxygen atoms in total. The van der Waals surface area contributed by atoms with E-state index in [-0.39, 0.29) is 11.9 Å². The lowest BCUT2D eigenvalue weighted by atomic mass is 9.86. The molecule has 0 aromatic heterocycles. The van der Waals surface area contributed by atoms with Crippen LogP contribution in [0.2, 0.25) is 0 Å². The van der Waals surface area contributed by atoms with E-state index in [9.17, 15) is 4.79 Å². The van der Waals surface area contributed by atoms with Gasteiger partial charge in [0, 0.05) is 11.6 Å². The van der Waals surface area contributed by atoms with Gasteiger partial charge in [0.1, 0.15) is 0 Å². The molecular formula is C20H33NO. The third kappa shape index (κ3) is 4.34. The molecule has 1 amide bonds. The van der Waals surface area contributed by atoms with E-state index in [0.717, 1.165) is 23.1 Å². The van der Waals surface area contributed by atoms with E-state index in [1.165, 1.54) is 42.4 Å². The summed E-state index contributed by atoms with van der Waals surface area (Å²) in [5.74, 6) is 0.0636. The lowest BCUT2D eigenvalue weighted by Crippen LogP contribution is -2.31. The highest BCUT2D eigenvalue weighted by atomic mass is 16.1. The van der Waals surface area contributed by atoms with Crippen LogP contribution in [-0.4, -0.2) is 11.9 Å². The molecule has 2 heteroatoms. The lowest BCUT2D eigenvalue weighted by Gasteiger charge is -2.21. The van der Waals surface area contributed by atoms with Crippen LogP contribution in [0.3, 0.4) is 0 Å². The predicted molar refractivity (Wildman–Crippen MR) is 95.8 cm³/mol. The van der Waals surface area contributed by atoms with E-state index in [1.807, 2.05) is 13.8 Å². The Balaban J connectivity index is 3.12. The van der Waals surface area contributed by atoms with Crippen LogP contribution >= 0.6 is 0 Å². The molecule has 1 N–H and O–H groups in total. The fraction of sp³-hybridized carbons (Fsp3) is 0.650. The molecule has 0 radical (unpaired) electrons. The predicted octanol–water partition coefficient (Wildman–Crippen LogP) is 5.18. The minimum absolute atomic E-state index is 0.0636. The average Bonchev–Trinajstić information content (AvgIpc) is 2.44. The molecule has 0 aliphatic rings. The molecule has 0 heterocycles. The number of amides is 1. The summed E-state index contributed by atoms with van der Waals surface area (Å²) in [5.41, 5.74) is 7.22. The number of hydrogen-bond donors (Lipinski definition) is 1. The quantitative estimate of drug-likeness (QED) is 0.691. The van der Waals surface area contributed by atoms with Gasteiger partial charge in [-0.15, -0.1) is 0 Å². The van der Waals surface area contributed by atoms with Crippen LogP contribution in [0.15, 0.2) is 0 Å². The monoisotopic (exact) mass is 303 g/mol. The van der Waals surface area contributed by atoms with Crippen molar-refractivity contribution in [3.8, 4) is 0 Å². The molecule has 0 aliphatic heterocycles.